The monoisotopic (exact) mass is 430 g/mol. The number of hydrogen-bond acceptors (Lipinski definition) is 6. The van der Waals surface area contributed by atoms with Gasteiger partial charge in [0, 0.05) is 56.2 Å². The van der Waals surface area contributed by atoms with Crippen molar-refractivity contribution in [3.63, 3.8) is 0 Å². The van der Waals surface area contributed by atoms with Crippen LogP contribution >= 0.6 is 0 Å². The molecule has 2 aromatic heterocycles. The van der Waals surface area contributed by atoms with Crippen LogP contribution in [0.2, 0.25) is 0 Å². The first-order chi connectivity index (χ1) is 15.7. The molecule has 2 N–H and O–H groups in total. The number of allylic oxidation sites excluding steroid dienone is 4. The Labute approximate surface area is 189 Å². The number of nitrogens with zero attached hydrogens (tertiary/aromatic N) is 5. The summed E-state index contributed by atoms with van der Waals surface area (Å²) in [6.07, 6.45) is 12.6. The van der Waals surface area contributed by atoms with Crippen molar-refractivity contribution < 1.29 is 4.74 Å². The van der Waals surface area contributed by atoms with Gasteiger partial charge in [-0.05, 0) is 42.6 Å². The first-order valence-corrected chi connectivity index (χ1v) is 10.9. The lowest BCUT2D eigenvalue weighted by molar-refractivity contribution is 0.134. The molecule has 0 radical (unpaired) electrons. The van der Waals surface area contributed by atoms with E-state index in [-0.39, 0.29) is 0 Å². The fourth-order valence-electron chi connectivity index (χ4n) is 3.80. The van der Waals surface area contributed by atoms with Crippen LogP contribution in [0.1, 0.15) is 5.56 Å². The summed E-state index contributed by atoms with van der Waals surface area (Å²) in [6.45, 7) is 9.89. The molecule has 7 nitrogen and oxygen atoms in total. The van der Waals surface area contributed by atoms with Gasteiger partial charge >= 0.3 is 0 Å². The highest BCUT2D eigenvalue weighted by atomic mass is 16.5. The summed E-state index contributed by atoms with van der Waals surface area (Å²) in [5.41, 5.74) is 10.2. The Morgan fingerprint density at radius 1 is 1.12 bits per heavy atom. The summed E-state index contributed by atoms with van der Waals surface area (Å²) in [4.78, 5) is 9.45. The summed E-state index contributed by atoms with van der Waals surface area (Å²) < 4.78 is 7.74. The Hall–Kier alpha value is -3.42. The lowest BCUT2D eigenvalue weighted by atomic mass is 10.1. The highest BCUT2D eigenvalue weighted by Gasteiger charge is 2.13. The van der Waals surface area contributed by atoms with Gasteiger partial charge in [-0.1, -0.05) is 30.9 Å². The van der Waals surface area contributed by atoms with E-state index in [4.69, 9.17) is 10.5 Å². The van der Waals surface area contributed by atoms with Crippen LogP contribution in [-0.4, -0.2) is 70.8 Å². The number of benzene rings is 1. The second-order valence-corrected chi connectivity index (χ2v) is 7.90. The van der Waals surface area contributed by atoms with E-state index in [1.54, 1.807) is 16.8 Å². The van der Waals surface area contributed by atoms with Gasteiger partial charge in [-0.25, -0.2) is 9.50 Å². The van der Waals surface area contributed by atoms with Crippen LogP contribution in [0.25, 0.3) is 22.3 Å². The van der Waals surface area contributed by atoms with Crippen LogP contribution < -0.4 is 10.5 Å². The summed E-state index contributed by atoms with van der Waals surface area (Å²) in [6, 6.07) is 8.13. The predicted octanol–water partition coefficient (Wildman–Crippen LogP) is 3.06. The lowest BCUT2D eigenvalue weighted by Crippen LogP contribution is -2.45. The average Bonchev–Trinajstić information content (AvgIpc) is 3.24. The molecule has 3 heterocycles. The standard InChI is InChI=1S/C25H30N6O/c1-3-4-21(9-10-26)24-18-28-31-19-22(17-27-25(24)31)20-5-7-23(8-6-20)32-16-15-30-13-11-29(2)12-14-30/h3-10,17-19H,1,11-16,26H2,2H3/b10-9-,21-4+. The third kappa shape index (κ3) is 5.07. The Bertz CT molecular complexity index is 1110. The quantitative estimate of drug-likeness (QED) is 0.554. The maximum Gasteiger partial charge on any atom is 0.162 e. The number of likely N-dealkylation sites (N-methyl/N-ethyl adjacent to an activating group) is 1. The predicted molar refractivity (Wildman–Crippen MR) is 129 cm³/mol. The van der Waals surface area contributed by atoms with E-state index in [0.29, 0.717) is 6.61 Å². The molecule has 166 valence electrons. The first kappa shape index (κ1) is 21.8. The Morgan fingerprint density at radius 2 is 1.91 bits per heavy atom. The second-order valence-electron chi connectivity index (χ2n) is 7.90. The third-order valence-corrected chi connectivity index (χ3v) is 5.70. The van der Waals surface area contributed by atoms with E-state index in [0.717, 1.165) is 66.4 Å². The van der Waals surface area contributed by atoms with Crippen LogP contribution in [-0.2, 0) is 0 Å². The summed E-state index contributed by atoms with van der Waals surface area (Å²) in [7, 11) is 2.17. The van der Waals surface area contributed by atoms with Crippen LogP contribution in [0.4, 0.5) is 0 Å². The zero-order valence-electron chi connectivity index (χ0n) is 18.5. The van der Waals surface area contributed by atoms with Crippen molar-refractivity contribution in [3.05, 3.63) is 79.4 Å². The van der Waals surface area contributed by atoms with Crippen molar-refractivity contribution in [2.24, 2.45) is 5.73 Å². The maximum absolute atomic E-state index is 5.95. The fourth-order valence-corrected chi connectivity index (χ4v) is 3.80. The van der Waals surface area contributed by atoms with Gasteiger partial charge in [0.25, 0.3) is 0 Å². The number of piperazine rings is 1. The van der Waals surface area contributed by atoms with Crippen molar-refractivity contribution in [2.45, 2.75) is 0 Å². The van der Waals surface area contributed by atoms with Gasteiger partial charge in [0.2, 0.25) is 0 Å². The highest BCUT2D eigenvalue weighted by molar-refractivity contribution is 5.82. The molecule has 7 heteroatoms. The largest absolute Gasteiger partial charge is 0.492 e. The molecular weight excluding hydrogens is 400 g/mol. The summed E-state index contributed by atoms with van der Waals surface area (Å²) in [5.74, 6) is 0.881. The van der Waals surface area contributed by atoms with E-state index in [1.807, 2.05) is 36.7 Å². The van der Waals surface area contributed by atoms with Gasteiger partial charge in [0.1, 0.15) is 12.4 Å². The molecule has 1 fully saturated rings. The molecule has 0 aliphatic carbocycles. The molecule has 0 bridgehead atoms. The van der Waals surface area contributed by atoms with E-state index < -0.39 is 0 Å². The highest BCUT2D eigenvalue weighted by Crippen LogP contribution is 2.25. The van der Waals surface area contributed by atoms with Crippen LogP contribution in [0.15, 0.2) is 73.9 Å². The van der Waals surface area contributed by atoms with Crippen molar-refractivity contribution >= 4 is 11.2 Å². The van der Waals surface area contributed by atoms with Crippen molar-refractivity contribution in [1.82, 2.24) is 24.4 Å². The van der Waals surface area contributed by atoms with Gasteiger partial charge in [0.15, 0.2) is 5.65 Å². The fraction of sp³-hybridized carbons (Fsp3) is 0.280. The minimum atomic E-state index is 0.699. The minimum absolute atomic E-state index is 0.699. The Balaban J connectivity index is 1.42. The molecule has 32 heavy (non-hydrogen) atoms. The normalized spacial score (nSPS) is 16.1. The summed E-state index contributed by atoms with van der Waals surface area (Å²) in [5, 5.41) is 4.47. The molecule has 0 saturated carbocycles. The van der Waals surface area contributed by atoms with Crippen molar-refractivity contribution in [3.8, 4) is 16.9 Å². The molecular formula is C25H30N6O. The van der Waals surface area contributed by atoms with Gasteiger partial charge in [-0.2, -0.15) is 5.10 Å². The molecule has 3 aromatic rings. The number of nitrogens with two attached hydrogens (primary N) is 1. The SMILES string of the molecule is C=C/C=C(\C=C/N)c1cnn2cc(-c3ccc(OCCN4CCN(C)CC4)cc3)cnc12. The van der Waals surface area contributed by atoms with Gasteiger partial charge in [0.05, 0.1) is 6.20 Å². The summed E-state index contributed by atoms with van der Waals surface area (Å²) >= 11 is 0. The van der Waals surface area contributed by atoms with E-state index in [1.165, 1.54) is 6.20 Å². The van der Waals surface area contributed by atoms with Crippen molar-refractivity contribution in [2.75, 3.05) is 46.4 Å². The lowest BCUT2D eigenvalue weighted by Gasteiger charge is -2.32. The van der Waals surface area contributed by atoms with Gasteiger partial charge in [-0.3, -0.25) is 4.90 Å². The van der Waals surface area contributed by atoms with Crippen LogP contribution in [0.5, 0.6) is 5.75 Å². The Kier molecular flexibility index (Phi) is 6.99. The average molecular weight is 431 g/mol. The molecule has 0 amide bonds. The molecule has 0 spiro atoms. The number of fused-ring (bicyclic) bond motifs is 1. The molecule has 1 aliphatic heterocycles. The van der Waals surface area contributed by atoms with E-state index in [2.05, 4.69) is 45.6 Å². The zero-order valence-corrected chi connectivity index (χ0v) is 18.5. The smallest absolute Gasteiger partial charge is 0.162 e. The molecule has 1 aliphatic rings. The third-order valence-electron chi connectivity index (χ3n) is 5.70. The molecule has 0 atom stereocenters. The minimum Gasteiger partial charge on any atom is -0.492 e. The topological polar surface area (TPSA) is 71.9 Å². The Morgan fingerprint density at radius 3 is 2.62 bits per heavy atom. The number of ether oxygens (including phenoxy) is 1. The number of rotatable bonds is 8. The van der Waals surface area contributed by atoms with E-state index in [9.17, 15) is 0 Å². The first-order valence-electron chi connectivity index (χ1n) is 10.9. The maximum atomic E-state index is 5.95. The molecule has 1 aromatic carbocycles. The zero-order chi connectivity index (χ0) is 22.3. The van der Waals surface area contributed by atoms with Crippen molar-refractivity contribution in [1.29, 1.82) is 0 Å². The van der Waals surface area contributed by atoms with Gasteiger partial charge in [-0.15, -0.1) is 0 Å². The number of hydrogen-bond donors (Lipinski definition) is 1. The molecule has 4 rings (SSSR count). The molecule has 0 unspecified atom stereocenters. The van der Waals surface area contributed by atoms with Crippen LogP contribution in [0.3, 0.4) is 0 Å². The number of aromatic nitrogens is 3. The van der Waals surface area contributed by atoms with Crippen LogP contribution in [0, 0.1) is 0 Å². The molecule has 1 saturated heterocycles. The second kappa shape index (κ2) is 10.3. The van der Waals surface area contributed by atoms with E-state index >= 15 is 0 Å². The van der Waals surface area contributed by atoms with Gasteiger partial charge < -0.3 is 15.4 Å².